The van der Waals surface area contributed by atoms with Crippen LogP contribution in [0.2, 0.25) is 0 Å². The van der Waals surface area contributed by atoms with Crippen LogP contribution in [0.15, 0.2) is 28.1 Å². The molecule has 0 aromatic carbocycles. The first-order valence-electron chi connectivity index (χ1n) is 6.68. The number of aromatic nitrogens is 1. The Morgan fingerprint density at radius 2 is 2.50 bits per heavy atom. The number of amides is 1. The topological polar surface area (TPSA) is 66.6 Å². The van der Waals surface area contributed by atoms with Crippen LogP contribution in [-0.2, 0) is 0 Å². The minimum absolute atomic E-state index is 0.0861. The van der Waals surface area contributed by atoms with Gasteiger partial charge in [0.2, 0.25) is 0 Å². The van der Waals surface area contributed by atoms with Gasteiger partial charge in [-0.1, -0.05) is 11.2 Å². The molecule has 0 bridgehead atoms. The number of likely N-dealkylation sites (tertiary alicyclic amines) is 1. The molecule has 0 radical (unpaired) electrons. The number of nitrogens with zero attached hydrogens (tertiary/aromatic N) is 2. The van der Waals surface area contributed by atoms with E-state index in [2.05, 4.69) is 5.16 Å². The Morgan fingerprint density at radius 1 is 1.60 bits per heavy atom. The van der Waals surface area contributed by atoms with Crippen molar-refractivity contribution < 1.29 is 14.4 Å². The Hall–Kier alpha value is -1.66. The maximum Gasteiger partial charge on any atom is 0.276 e. The van der Waals surface area contributed by atoms with E-state index in [4.69, 9.17) is 9.63 Å². The molecule has 0 spiro atoms. The quantitative estimate of drug-likeness (QED) is 0.938. The van der Waals surface area contributed by atoms with E-state index < -0.39 is 0 Å². The normalized spacial score (nSPS) is 18.6. The summed E-state index contributed by atoms with van der Waals surface area (Å²) in [6.07, 6.45) is 1.70. The highest BCUT2D eigenvalue weighted by Gasteiger charge is 2.28. The molecule has 106 valence electrons. The number of aliphatic hydroxyl groups is 1. The van der Waals surface area contributed by atoms with Crippen molar-refractivity contribution in [1.29, 1.82) is 0 Å². The molecule has 2 aromatic rings. The lowest BCUT2D eigenvalue weighted by atomic mass is 10.1. The molecule has 1 aliphatic rings. The number of aliphatic hydroxyl groups excluding tert-OH is 1. The van der Waals surface area contributed by atoms with E-state index in [9.17, 15) is 4.79 Å². The molecule has 1 aliphatic heterocycles. The van der Waals surface area contributed by atoms with Gasteiger partial charge >= 0.3 is 0 Å². The van der Waals surface area contributed by atoms with Crippen molar-refractivity contribution in [1.82, 2.24) is 10.1 Å². The molecule has 1 amide bonds. The standard InChI is InChI=1S/C14H16N2O3S/c17-6-4-10-3-5-16(9-10)14(18)11-8-12(19-15-11)13-2-1-7-20-13/h1-2,7-8,10,17H,3-6,9H2. The minimum atomic E-state index is -0.0861. The molecule has 6 heteroatoms. The Morgan fingerprint density at radius 3 is 3.25 bits per heavy atom. The van der Waals surface area contributed by atoms with Crippen molar-refractivity contribution in [3.05, 3.63) is 29.3 Å². The number of hydrogen-bond donors (Lipinski definition) is 1. The second kappa shape index (κ2) is 5.76. The van der Waals surface area contributed by atoms with Crippen LogP contribution >= 0.6 is 11.3 Å². The number of thiophene rings is 1. The molecular weight excluding hydrogens is 276 g/mol. The van der Waals surface area contributed by atoms with Crippen LogP contribution in [0.3, 0.4) is 0 Å². The van der Waals surface area contributed by atoms with Crippen molar-refractivity contribution in [2.24, 2.45) is 5.92 Å². The average Bonchev–Trinajstić information content (AvgIpc) is 3.19. The highest BCUT2D eigenvalue weighted by atomic mass is 32.1. The first-order chi connectivity index (χ1) is 9.78. The summed E-state index contributed by atoms with van der Waals surface area (Å²) >= 11 is 1.55. The van der Waals surface area contributed by atoms with Crippen molar-refractivity contribution >= 4 is 17.2 Å². The average molecular weight is 292 g/mol. The van der Waals surface area contributed by atoms with Crippen LogP contribution in [0.25, 0.3) is 10.6 Å². The molecule has 3 heterocycles. The lowest BCUT2D eigenvalue weighted by molar-refractivity contribution is 0.0774. The molecule has 0 saturated carbocycles. The summed E-state index contributed by atoms with van der Waals surface area (Å²) in [6.45, 7) is 1.60. The third-order valence-corrected chi connectivity index (χ3v) is 4.49. The largest absolute Gasteiger partial charge is 0.396 e. The molecule has 1 fully saturated rings. The molecule has 5 nitrogen and oxygen atoms in total. The van der Waals surface area contributed by atoms with Crippen molar-refractivity contribution in [3.8, 4) is 10.6 Å². The van der Waals surface area contributed by atoms with E-state index in [0.29, 0.717) is 23.9 Å². The molecule has 2 aromatic heterocycles. The Kier molecular flexibility index (Phi) is 3.84. The summed E-state index contributed by atoms with van der Waals surface area (Å²) in [5, 5.41) is 14.8. The van der Waals surface area contributed by atoms with Gasteiger partial charge in [-0.3, -0.25) is 4.79 Å². The summed E-state index contributed by atoms with van der Waals surface area (Å²) in [6, 6.07) is 5.57. The lowest BCUT2D eigenvalue weighted by Crippen LogP contribution is -2.29. The highest BCUT2D eigenvalue weighted by Crippen LogP contribution is 2.26. The van der Waals surface area contributed by atoms with Crippen LogP contribution < -0.4 is 0 Å². The zero-order valence-corrected chi connectivity index (χ0v) is 11.8. The van der Waals surface area contributed by atoms with Crippen LogP contribution in [0.5, 0.6) is 0 Å². The smallest absolute Gasteiger partial charge is 0.276 e. The van der Waals surface area contributed by atoms with E-state index in [-0.39, 0.29) is 12.5 Å². The number of hydrogen-bond acceptors (Lipinski definition) is 5. The molecule has 1 unspecified atom stereocenters. The Balaban J connectivity index is 1.69. The Labute approximate surface area is 120 Å². The zero-order chi connectivity index (χ0) is 13.9. The van der Waals surface area contributed by atoms with E-state index >= 15 is 0 Å². The summed E-state index contributed by atoms with van der Waals surface area (Å²) in [5.74, 6) is 0.944. The Bertz CT molecular complexity index is 579. The van der Waals surface area contributed by atoms with Crippen LogP contribution in [-0.4, -0.2) is 40.8 Å². The highest BCUT2D eigenvalue weighted by molar-refractivity contribution is 7.13. The molecular formula is C14H16N2O3S. The van der Waals surface area contributed by atoms with E-state index in [1.54, 1.807) is 22.3 Å². The van der Waals surface area contributed by atoms with Gasteiger partial charge < -0.3 is 14.5 Å². The summed E-state index contributed by atoms with van der Waals surface area (Å²) < 4.78 is 5.24. The monoisotopic (exact) mass is 292 g/mol. The predicted octanol–water partition coefficient (Wildman–Crippen LogP) is 2.25. The van der Waals surface area contributed by atoms with Crippen LogP contribution in [0.1, 0.15) is 23.3 Å². The van der Waals surface area contributed by atoms with Gasteiger partial charge in [-0.2, -0.15) is 0 Å². The van der Waals surface area contributed by atoms with Gasteiger partial charge in [0, 0.05) is 25.8 Å². The van der Waals surface area contributed by atoms with E-state index in [0.717, 1.165) is 24.3 Å². The second-order valence-corrected chi connectivity index (χ2v) is 5.92. The first kappa shape index (κ1) is 13.3. The fraction of sp³-hybridized carbons (Fsp3) is 0.429. The number of rotatable bonds is 4. The van der Waals surface area contributed by atoms with Gasteiger partial charge in [0.25, 0.3) is 5.91 Å². The summed E-state index contributed by atoms with van der Waals surface area (Å²) in [5.41, 5.74) is 0.359. The fourth-order valence-corrected chi connectivity index (χ4v) is 3.18. The van der Waals surface area contributed by atoms with Gasteiger partial charge in [0.1, 0.15) is 0 Å². The minimum Gasteiger partial charge on any atom is -0.396 e. The van der Waals surface area contributed by atoms with E-state index in [1.807, 2.05) is 17.5 Å². The van der Waals surface area contributed by atoms with Crippen LogP contribution in [0.4, 0.5) is 0 Å². The SMILES string of the molecule is O=C(c1cc(-c2cccs2)on1)N1CCC(CCO)C1. The summed E-state index contributed by atoms with van der Waals surface area (Å²) in [4.78, 5) is 15.1. The third kappa shape index (κ3) is 2.62. The van der Waals surface area contributed by atoms with Crippen molar-refractivity contribution in [2.45, 2.75) is 12.8 Å². The maximum absolute atomic E-state index is 12.3. The van der Waals surface area contributed by atoms with Crippen molar-refractivity contribution in [3.63, 3.8) is 0 Å². The van der Waals surface area contributed by atoms with Gasteiger partial charge in [0.05, 0.1) is 4.88 Å². The van der Waals surface area contributed by atoms with Gasteiger partial charge in [0.15, 0.2) is 11.5 Å². The zero-order valence-electron chi connectivity index (χ0n) is 11.0. The van der Waals surface area contributed by atoms with Gasteiger partial charge in [-0.05, 0) is 30.2 Å². The van der Waals surface area contributed by atoms with Crippen LogP contribution in [0, 0.1) is 5.92 Å². The van der Waals surface area contributed by atoms with E-state index in [1.165, 1.54) is 0 Å². The maximum atomic E-state index is 12.3. The fourth-order valence-electron chi connectivity index (χ4n) is 2.51. The predicted molar refractivity (Wildman–Crippen MR) is 75.5 cm³/mol. The molecule has 1 saturated heterocycles. The lowest BCUT2D eigenvalue weighted by Gasteiger charge is -2.14. The molecule has 1 N–H and O–H groups in total. The third-order valence-electron chi connectivity index (χ3n) is 3.60. The van der Waals surface area contributed by atoms with Gasteiger partial charge in [-0.25, -0.2) is 0 Å². The van der Waals surface area contributed by atoms with Crippen molar-refractivity contribution in [2.75, 3.05) is 19.7 Å². The number of carbonyl (C=O) groups excluding carboxylic acids is 1. The molecule has 0 aliphatic carbocycles. The summed E-state index contributed by atoms with van der Waals surface area (Å²) in [7, 11) is 0. The molecule has 1 atom stereocenters. The second-order valence-electron chi connectivity index (χ2n) is 4.97. The first-order valence-corrected chi connectivity index (χ1v) is 7.56. The molecule has 3 rings (SSSR count). The van der Waals surface area contributed by atoms with Gasteiger partial charge in [-0.15, -0.1) is 11.3 Å². The molecule has 20 heavy (non-hydrogen) atoms. The number of carbonyl (C=O) groups is 1.